The standard InChI is InChI=1S/C20H14N4O3S/c25-11-4-1-5-13-15(11)16(12-6-2-8-26-12)17-19-22-18(14-7-3-9-28-14)23-24(19)10-21-20(17)27-13/h2-3,6-10,16H,1,4-5H2/t16-/m0/s1. The lowest BCUT2D eigenvalue weighted by Gasteiger charge is -2.30. The van der Waals surface area contributed by atoms with Crippen molar-refractivity contribution in [3.63, 3.8) is 0 Å². The largest absolute Gasteiger partial charge is 0.468 e. The number of carbonyl (C=O) groups is 1. The summed E-state index contributed by atoms with van der Waals surface area (Å²) in [6.07, 6.45) is 5.24. The fourth-order valence-electron chi connectivity index (χ4n) is 3.97. The minimum atomic E-state index is -0.391. The summed E-state index contributed by atoms with van der Waals surface area (Å²) in [5.74, 6) is 2.17. The van der Waals surface area contributed by atoms with Crippen LogP contribution in [-0.4, -0.2) is 25.4 Å². The average molecular weight is 390 g/mol. The third-order valence-corrected chi connectivity index (χ3v) is 6.03. The smallest absolute Gasteiger partial charge is 0.228 e. The van der Waals surface area contributed by atoms with E-state index >= 15 is 0 Å². The van der Waals surface area contributed by atoms with Gasteiger partial charge >= 0.3 is 0 Å². The van der Waals surface area contributed by atoms with Crippen molar-refractivity contribution in [2.45, 2.75) is 25.2 Å². The number of fused-ring (bicyclic) bond motifs is 3. The van der Waals surface area contributed by atoms with E-state index in [1.165, 1.54) is 0 Å². The van der Waals surface area contributed by atoms with Gasteiger partial charge in [-0.15, -0.1) is 16.4 Å². The summed E-state index contributed by atoms with van der Waals surface area (Å²) in [4.78, 5) is 23.0. The minimum absolute atomic E-state index is 0.0910. The highest BCUT2D eigenvalue weighted by atomic mass is 32.1. The minimum Gasteiger partial charge on any atom is -0.468 e. The van der Waals surface area contributed by atoms with Crippen LogP contribution in [0.2, 0.25) is 0 Å². The zero-order valence-electron chi connectivity index (χ0n) is 14.7. The molecular weight excluding hydrogens is 376 g/mol. The van der Waals surface area contributed by atoms with E-state index in [0.717, 1.165) is 23.3 Å². The molecule has 1 aliphatic heterocycles. The molecule has 0 fully saturated rings. The van der Waals surface area contributed by atoms with Gasteiger partial charge < -0.3 is 9.15 Å². The summed E-state index contributed by atoms with van der Waals surface area (Å²) in [6.45, 7) is 0. The van der Waals surface area contributed by atoms with Crippen LogP contribution in [0.4, 0.5) is 0 Å². The van der Waals surface area contributed by atoms with Crippen LogP contribution in [0.5, 0.6) is 5.88 Å². The van der Waals surface area contributed by atoms with Crippen LogP contribution in [0.1, 0.15) is 36.5 Å². The number of hydrogen-bond acceptors (Lipinski definition) is 7. The van der Waals surface area contributed by atoms with Gasteiger partial charge in [0.05, 0.1) is 22.6 Å². The molecule has 2 aliphatic rings. The van der Waals surface area contributed by atoms with Crippen LogP contribution in [0.3, 0.4) is 0 Å². The number of rotatable bonds is 2. The highest BCUT2D eigenvalue weighted by Gasteiger charge is 2.40. The van der Waals surface area contributed by atoms with Gasteiger partial charge in [0.1, 0.15) is 17.8 Å². The van der Waals surface area contributed by atoms with Gasteiger partial charge in [0.2, 0.25) is 5.88 Å². The number of ether oxygens (including phenoxy) is 1. The topological polar surface area (TPSA) is 82.5 Å². The molecule has 0 saturated heterocycles. The zero-order valence-corrected chi connectivity index (χ0v) is 15.5. The predicted molar refractivity (Wildman–Crippen MR) is 101 cm³/mol. The van der Waals surface area contributed by atoms with Crippen molar-refractivity contribution in [3.05, 3.63) is 64.9 Å². The molecule has 4 aromatic heterocycles. The van der Waals surface area contributed by atoms with Crippen molar-refractivity contribution < 1.29 is 13.9 Å². The molecule has 0 unspecified atom stereocenters. The maximum Gasteiger partial charge on any atom is 0.228 e. The Morgan fingerprint density at radius 3 is 3.00 bits per heavy atom. The summed E-state index contributed by atoms with van der Waals surface area (Å²) < 4.78 is 13.4. The summed E-state index contributed by atoms with van der Waals surface area (Å²) in [5, 5.41) is 6.56. The first-order chi connectivity index (χ1) is 13.8. The predicted octanol–water partition coefficient (Wildman–Crippen LogP) is 3.98. The number of hydrogen-bond donors (Lipinski definition) is 0. The maximum absolute atomic E-state index is 12.8. The molecule has 0 amide bonds. The molecule has 138 valence electrons. The Bertz CT molecular complexity index is 1240. The lowest BCUT2D eigenvalue weighted by Crippen LogP contribution is -2.26. The van der Waals surface area contributed by atoms with Crippen molar-refractivity contribution in [2.24, 2.45) is 0 Å². The fraction of sp³-hybridized carbons (Fsp3) is 0.200. The Morgan fingerprint density at radius 1 is 1.21 bits per heavy atom. The first-order valence-corrected chi connectivity index (χ1v) is 9.94. The molecule has 4 aromatic rings. The second-order valence-corrected chi connectivity index (χ2v) is 7.76. The molecule has 0 bridgehead atoms. The quantitative estimate of drug-likeness (QED) is 0.515. The van der Waals surface area contributed by atoms with Crippen molar-refractivity contribution in [3.8, 4) is 16.6 Å². The van der Waals surface area contributed by atoms with Crippen molar-refractivity contribution in [2.75, 3.05) is 0 Å². The maximum atomic E-state index is 12.8. The molecule has 1 atom stereocenters. The van der Waals surface area contributed by atoms with Crippen LogP contribution in [0.25, 0.3) is 16.3 Å². The van der Waals surface area contributed by atoms with Gasteiger partial charge in [-0.2, -0.15) is 0 Å². The fourth-order valence-corrected chi connectivity index (χ4v) is 4.62. The molecule has 0 saturated carbocycles. The second-order valence-electron chi connectivity index (χ2n) is 6.81. The molecule has 1 aliphatic carbocycles. The summed E-state index contributed by atoms with van der Waals surface area (Å²) in [6, 6.07) is 7.65. The Balaban J connectivity index is 1.63. The van der Waals surface area contributed by atoms with E-state index in [0.29, 0.717) is 40.9 Å². The van der Waals surface area contributed by atoms with Gasteiger partial charge in [0.15, 0.2) is 17.3 Å². The Kier molecular flexibility index (Phi) is 3.30. The van der Waals surface area contributed by atoms with Gasteiger partial charge in [0, 0.05) is 18.4 Å². The van der Waals surface area contributed by atoms with Gasteiger partial charge in [-0.1, -0.05) is 6.07 Å². The normalized spacial score (nSPS) is 18.9. The van der Waals surface area contributed by atoms with Crippen LogP contribution < -0.4 is 4.74 Å². The van der Waals surface area contributed by atoms with Crippen molar-refractivity contribution >= 4 is 22.8 Å². The number of ketones is 1. The molecule has 28 heavy (non-hydrogen) atoms. The third-order valence-electron chi connectivity index (χ3n) is 5.16. The van der Waals surface area contributed by atoms with E-state index in [2.05, 4.69) is 10.1 Å². The molecule has 0 spiro atoms. The Hall–Kier alpha value is -3.26. The van der Waals surface area contributed by atoms with Crippen LogP contribution in [0, 0.1) is 0 Å². The molecule has 0 radical (unpaired) electrons. The lowest BCUT2D eigenvalue weighted by atomic mass is 9.80. The van der Waals surface area contributed by atoms with E-state index in [1.54, 1.807) is 28.4 Å². The summed E-state index contributed by atoms with van der Waals surface area (Å²) >= 11 is 1.57. The zero-order chi connectivity index (χ0) is 18.7. The molecular formula is C20H14N4O3S. The number of furan rings is 1. The first kappa shape index (κ1) is 15.8. The SMILES string of the molecule is O=C1CCCC2=C1[C@H](c1ccco1)c1c(ncn3nc(-c4cccs4)nc13)O2. The monoisotopic (exact) mass is 390 g/mol. The first-order valence-electron chi connectivity index (χ1n) is 9.06. The van der Waals surface area contributed by atoms with Gasteiger partial charge in [-0.05, 0) is 30.0 Å². The average Bonchev–Trinajstić information content (AvgIpc) is 3.47. The van der Waals surface area contributed by atoms with Crippen molar-refractivity contribution in [1.82, 2.24) is 19.6 Å². The van der Waals surface area contributed by atoms with Gasteiger partial charge in [-0.3, -0.25) is 4.79 Å². The molecule has 0 N–H and O–H groups in total. The van der Waals surface area contributed by atoms with Crippen LogP contribution >= 0.6 is 11.3 Å². The highest BCUT2D eigenvalue weighted by Crippen LogP contribution is 2.47. The van der Waals surface area contributed by atoms with Gasteiger partial charge in [-0.25, -0.2) is 14.5 Å². The molecule has 8 heteroatoms. The molecule has 7 nitrogen and oxygen atoms in total. The number of aromatic nitrogens is 4. The number of nitrogens with zero attached hydrogens (tertiary/aromatic N) is 4. The van der Waals surface area contributed by atoms with E-state index in [-0.39, 0.29) is 5.78 Å². The number of thiophene rings is 1. The van der Waals surface area contributed by atoms with E-state index in [9.17, 15) is 4.79 Å². The Morgan fingerprint density at radius 2 is 2.18 bits per heavy atom. The van der Waals surface area contributed by atoms with E-state index < -0.39 is 5.92 Å². The molecule has 0 aromatic carbocycles. The number of Topliss-reactive ketones (excluding diaryl/α,β-unsaturated/α-hetero) is 1. The van der Waals surface area contributed by atoms with Crippen LogP contribution in [-0.2, 0) is 4.79 Å². The third kappa shape index (κ3) is 2.21. The summed E-state index contributed by atoms with van der Waals surface area (Å²) in [5.41, 5.74) is 2.01. The van der Waals surface area contributed by atoms with Gasteiger partial charge in [0.25, 0.3) is 0 Å². The highest BCUT2D eigenvalue weighted by molar-refractivity contribution is 7.13. The molecule has 5 heterocycles. The molecule has 6 rings (SSSR count). The van der Waals surface area contributed by atoms with Crippen LogP contribution in [0.15, 0.2) is 58.0 Å². The second kappa shape index (κ2) is 5.87. The number of carbonyl (C=O) groups excluding carboxylic acids is 1. The Labute approximate surface area is 163 Å². The summed E-state index contributed by atoms with van der Waals surface area (Å²) in [7, 11) is 0. The lowest BCUT2D eigenvalue weighted by molar-refractivity contribution is -0.116. The van der Waals surface area contributed by atoms with E-state index in [1.807, 2.05) is 29.6 Å². The number of allylic oxidation sites excluding steroid dienone is 2. The van der Waals surface area contributed by atoms with E-state index in [4.69, 9.17) is 14.1 Å². The van der Waals surface area contributed by atoms with Crippen molar-refractivity contribution in [1.29, 1.82) is 0 Å².